The lowest BCUT2D eigenvalue weighted by Crippen LogP contribution is -1.96. The summed E-state index contributed by atoms with van der Waals surface area (Å²) in [5, 5.41) is 0.637. The molecule has 1 radical (unpaired) electrons. The second-order valence-electron chi connectivity index (χ2n) is 2.52. The lowest BCUT2D eigenvalue weighted by Gasteiger charge is -2.07. The molecular formula is C9H8BrF2. The summed E-state index contributed by atoms with van der Waals surface area (Å²) < 4.78 is 25.1. The number of halogens is 3. The highest BCUT2D eigenvalue weighted by molar-refractivity contribution is 9.09. The zero-order valence-electron chi connectivity index (χ0n) is 6.36. The Kier molecular flexibility index (Phi) is 3.20. The smallest absolute Gasteiger partial charge is 0.159 e. The number of rotatable bonds is 2. The van der Waals surface area contributed by atoms with E-state index in [4.69, 9.17) is 0 Å². The van der Waals surface area contributed by atoms with Crippen molar-refractivity contribution < 1.29 is 8.78 Å². The second kappa shape index (κ2) is 3.99. The molecule has 0 aliphatic carbocycles. The number of hydrogen-bond donors (Lipinski definition) is 0. The van der Waals surface area contributed by atoms with E-state index >= 15 is 0 Å². The van der Waals surface area contributed by atoms with Gasteiger partial charge in [0.25, 0.3) is 0 Å². The van der Waals surface area contributed by atoms with Crippen LogP contribution in [0.25, 0.3) is 0 Å². The van der Waals surface area contributed by atoms with Crippen molar-refractivity contribution in [1.29, 1.82) is 0 Å². The van der Waals surface area contributed by atoms with E-state index in [-0.39, 0.29) is 5.92 Å². The van der Waals surface area contributed by atoms with Crippen molar-refractivity contribution in [3.63, 3.8) is 0 Å². The monoisotopic (exact) mass is 233 g/mol. The van der Waals surface area contributed by atoms with E-state index in [2.05, 4.69) is 22.9 Å². The zero-order chi connectivity index (χ0) is 9.14. The van der Waals surface area contributed by atoms with Gasteiger partial charge in [-0.25, -0.2) is 8.78 Å². The highest BCUT2D eigenvalue weighted by Crippen LogP contribution is 2.18. The molecule has 0 bridgehead atoms. The van der Waals surface area contributed by atoms with Gasteiger partial charge in [0.1, 0.15) is 0 Å². The van der Waals surface area contributed by atoms with Crippen LogP contribution >= 0.6 is 15.9 Å². The van der Waals surface area contributed by atoms with Crippen molar-refractivity contribution in [1.82, 2.24) is 0 Å². The summed E-state index contributed by atoms with van der Waals surface area (Å²) in [4.78, 5) is 0. The van der Waals surface area contributed by atoms with E-state index in [1.807, 2.05) is 0 Å². The van der Waals surface area contributed by atoms with E-state index in [9.17, 15) is 8.78 Å². The molecule has 0 aromatic heterocycles. The molecule has 0 amide bonds. The molecular weight excluding hydrogens is 226 g/mol. The normalized spacial score (nSPS) is 13.0. The van der Waals surface area contributed by atoms with E-state index in [0.29, 0.717) is 10.9 Å². The Bertz CT molecular complexity index is 273. The Morgan fingerprint density at radius 3 is 2.50 bits per heavy atom. The molecule has 0 N–H and O–H groups in total. The number of hydrogen-bond acceptors (Lipinski definition) is 0. The summed E-state index contributed by atoms with van der Waals surface area (Å²) in [7, 11) is 0. The first-order valence-electron chi connectivity index (χ1n) is 3.49. The van der Waals surface area contributed by atoms with Crippen LogP contribution in [0.1, 0.15) is 11.5 Å². The Hall–Kier alpha value is -0.440. The van der Waals surface area contributed by atoms with Gasteiger partial charge < -0.3 is 0 Å². The van der Waals surface area contributed by atoms with Gasteiger partial charge in [-0.3, -0.25) is 0 Å². The average molecular weight is 234 g/mol. The second-order valence-corrected chi connectivity index (χ2v) is 3.17. The molecule has 0 heterocycles. The van der Waals surface area contributed by atoms with Crippen LogP contribution in [0, 0.1) is 18.6 Å². The van der Waals surface area contributed by atoms with Crippen LogP contribution in [-0.2, 0) is 0 Å². The predicted octanol–water partition coefficient (Wildman–Crippen LogP) is 3.28. The van der Waals surface area contributed by atoms with Gasteiger partial charge in [-0.15, -0.1) is 0 Å². The van der Waals surface area contributed by atoms with E-state index < -0.39 is 11.6 Å². The van der Waals surface area contributed by atoms with Crippen LogP contribution in [0.15, 0.2) is 18.2 Å². The molecule has 0 aliphatic rings. The van der Waals surface area contributed by atoms with Crippen LogP contribution in [0.3, 0.4) is 0 Å². The molecule has 1 atom stereocenters. The standard InChI is InChI=1S/C9H8BrF2/c1-6(5-10)7-2-3-8(11)9(12)4-7/h2-4,6H,1,5H2. The number of benzene rings is 1. The maximum Gasteiger partial charge on any atom is 0.159 e. The Morgan fingerprint density at radius 2 is 2.00 bits per heavy atom. The van der Waals surface area contributed by atoms with Crippen LogP contribution in [0.2, 0.25) is 0 Å². The largest absolute Gasteiger partial charge is 0.204 e. The van der Waals surface area contributed by atoms with Crippen LogP contribution < -0.4 is 0 Å². The van der Waals surface area contributed by atoms with Crippen molar-refractivity contribution in [3.8, 4) is 0 Å². The van der Waals surface area contributed by atoms with E-state index in [1.165, 1.54) is 12.1 Å². The first kappa shape index (κ1) is 9.65. The highest BCUT2D eigenvalue weighted by atomic mass is 79.9. The fraction of sp³-hybridized carbons (Fsp3) is 0.222. The van der Waals surface area contributed by atoms with Gasteiger partial charge in [0.05, 0.1) is 0 Å². The predicted molar refractivity (Wildman–Crippen MR) is 48.3 cm³/mol. The lowest BCUT2D eigenvalue weighted by molar-refractivity contribution is 0.506. The third-order valence-electron chi connectivity index (χ3n) is 1.60. The first-order chi connectivity index (χ1) is 5.65. The molecule has 1 rings (SSSR count). The maximum atomic E-state index is 12.7. The third-order valence-corrected chi connectivity index (χ3v) is 2.38. The van der Waals surface area contributed by atoms with Gasteiger partial charge in [0.15, 0.2) is 11.6 Å². The SMILES string of the molecule is [CH2]C(CBr)c1ccc(F)c(F)c1. The minimum absolute atomic E-state index is 0.0416. The molecule has 1 aromatic rings. The highest BCUT2D eigenvalue weighted by Gasteiger charge is 2.07. The van der Waals surface area contributed by atoms with Gasteiger partial charge >= 0.3 is 0 Å². The first-order valence-corrected chi connectivity index (χ1v) is 4.61. The Morgan fingerprint density at radius 1 is 1.33 bits per heavy atom. The summed E-state index contributed by atoms with van der Waals surface area (Å²) in [5.74, 6) is -1.68. The average Bonchev–Trinajstić information content (AvgIpc) is 2.08. The van der Waals surface area contributed by atoms with Crippen molar-refractivity contribution in [2.24, 2.45) is 0 Å². The molecule has 0 saturated carbocycles. The molecule has 0 saturated heterocycles. The fourth-order valence-corrected chi connectivity index (χ4v) is 1.23. The molecule has 1 unspecified atom stereocenters. The summed E-state index contributed by atoms with van der Waals surface area (Å²) in [6.07, 6.45) is 0. The zero-order valence-corrected chi connectivity index (χ0v) is 7.94. The fourth-order valence-electron chi connectivity index (χ4n) is 0.855. The van der Waals surface area contributed by atoms with Gasteiger partial charge in [-0.2, -0.15) is 0 Å². The molecule has 12 heavy (non-hydrogen) atoms. The van der Waals surface area contributed by atoms with Crippen LogP contribution in [-0.4, -0.2) is 5.33 Å². The van der Waals surface area contributed by atoms with Gasteiger partial charge in [-0.05, 0) is 30.5 Å². The molecule has 0 spiro atoms. The van der Waals surface area contributed by atoms with Gasteiger partial charge in [0.2, 0.25) is 0 Å². The summed E-state index contributed by atoms with van der Waals surface area (Å²) in [6.45, 7) is 3.76. The minimum Gasteiger partial charge on any atom is -0.204 e. The summed E-state index contributed by atoms with van der Waals surface area (Å²) >= 11 is 3.22. The molecule has 0 fully saturated rings. The molecule has 3 heteroatoms. The van der Waals surface area contributed by atoms with E-state index in [1.54, 1.807) is 0 Å². The topological polar surface area (TPSA) is 0 Å². The minimum atomic E-state index is -0.819. The van der Waals surface area contributed by atoms with Crippen molar-refractivity contribution in [2.75, 3.05) is 5.33 Å². The van der Waals surface area contributed by atoms with Crippen LogP contribution in [0.5, 0.6) is 0 Å². The van der Waals surface area contributed by atoms with Gasteiger partial charge in [-0.1, -0.05) is 22.0 Å². The van der Waals surface area contributed by atoms with Gasteiger partial charge in [0, 0.05) is 5.33 Å². The maximum absolute atomic E-state index is 12.7. The molecule has 65 valence electrons. The summed E-state index contributed by atoms with van der Waals surface area (Å²) in [6, 6.07) is 3.83. The third kappa shape index (κ3) is 2.03. The van der Waals surface area contributed by atoms with Crippen molar-refractivity contribution in [2.45, 2.75) is 5.92 Å². The Balaban J connectivity index is 2.96. The Labute approximate surface area is 78.7 Å². The van der Waals surface area contributed by atoms with Crippen molar-refractivity contribution in [3.05, 3.63) is 42.3 Å². The van der Waals surface area contributed by atoms with Crippen LogP contribution in [0.4, 0.5) is 8.78 Å². The summed E-state index contributed by atoms with van der Waals surface area (Å²) in [5.41, 5.74) is 0.700. The van der Waals surface area contributed by atoms with E-state index in [0.717, 1.165) is 6.07 Å². The molecule has 0 nitrogen and oxygen atoms in total. The number of alkyl halides is 1. The molecule has 1 aromatic carbocycles. The van der Waals surface area contributed by atoms with Crippen molar-refractivity contribution >= 4 is 15.9 Å². The quantitative estimate of drug-likeness (QED) is 0.689. The molecule has 0 aliphatic heterocycles. The lowest BCUT2D eigenvalue weighted by atomic mass is 10.0.